The van der Waals surface area contributed by atoms with Gasteiger partial charge in [0.1, 0.15) is 17.7 Å². The maximum absolute atomic E-state index is 13.7. The van der Waals surface area contributed by atoms with Gasteiger partial charge in [-0.25, -0.2) is 19.3 Å². The van der Waals surface area contributed by atoms with Crippen LogP contribution in [0.15, 0.2) is 72.9 Å². The molecule has 0 saturated carbocycles. The highest BCUT2D eigenvalue weighted by Gasteiger charge is 2.23. The van der Waals surface area contributed by atoms with E-state index < -0.39 is 0 Å². The monoisotopic (exact) mass is 497 g/mol. The number of halogens is 1. The van der Waals surface area contributed by atoms with E-state index in [4.69, 9.17) is 14.7 Å². The van der Waals surface area contributed by atoms with Crippen molar-refractivity contribution in [2.75, 3.05) is 5.32 Å². The Morgan fingerprint density at radius 3 is 2.59 bits per heavy atom. The van der Waals surface area contributed by atoms with Crippen molar-refractivity contribution in [1.82, 2.24) is 19.5 Å². The first-order chi connectivity index (χ1) is 18.0. The van der Waals surface area contributed by atoms with Crippen LogP contribution in [0.1, 0.15) is 44.9 Å². The van der Waals surface area contributed by atoms with Crippen LogP contribution in [0.5, 0.6) is 0 Å². The van der Waals surface area contributed by atoms with Gasteiger partial charge in [-0.2, -0.15) is 0 Å². The molecule has 8 heteroatoms. The Morgan fingerprint density at radius 1 is 1.08 bits per heavy atom. The number of hydrogen-bond acceptors (Lipinski definition) is 6. The molecule has 5 rings (SSSR count). The molecule has 37 heavy (non-hydrogen) atoms. The van der Waals surface area contributed by atoms with Gasteiger partial charge in [-0.15, -0.1) is 0 Å². The number of para-hydroxylation sites is 1. The van der Waals surface area contributed by atoms with Crippen LogP contribution < -0.4 is 5.32 Å². The molecule has 0 bridgehead atoms. The van der Waals surface area contributed by atoms with Crippen molar-refractivity contribution in [3.8, 4) is 22.6 Å². The summed E-state index contributed by atoms with van der Waals surface area (Å²) in [7, 11) is 0. The summed E-state index contributed by atoms with van der Waals surface area (Å²) in [5.41, 5.74) is 3.71. The molecular formula is C29H28FN5O2. The first-order valence-electron chi connectivity index (χ1n) is 12.4. The summed E-state index contributed by atoms with van der Waals surface area (Å²) in [5, 5.41) is 3.24. The van der Waals surface area contributed by atoms with Gasteiger partial charge in [0.05, 0.1) is 17.1 Å². The summed E-state index contributed by atoms with van der Waals surface area (Å²) >= 11 is 0. The van der Waals surface area contributed by atoms with Gasteiger partial charge in [0, 0.05) is 36.0 Å². The maximum Gasteiger partial charge on any atom is 0.306 e. The molecule has 1 saturated heterocycles. The number of rotatable bonds is 7. The van der Waals surface area contributed by atoms with Crippen LogP contribution >= 0.6 is 0 Å². The van der Waals surface area contributed by atoms with E-state index in [-0.39, 0.29) is 23.8 Å². The predicted molar refractivity (Wildman–Crippen MR) is 142 cm³/mol. The smallest absolute Gasteiger partial charge is 0.306 e. The SMILES string of the molecule is CC(C)c1nc(-c2ccc(F)cc2)c(-c2ccnc(Nc3ccccc3)n2)n1/C=C/C1CCCC(=O)O1. The molecule has 2 aromatic heterocycles. The third kappa shape index (κ3) is 5.58. The lowest BCUT2D eigenvalue weighted by molar-refractivity contribution is -0.150. The van der Waals surface area contributed by atoms with E-state index in [9.17, 15) is 9.18 Å². The highest BCUT2D eigenvalue weighted by atomic mass is 19.1. The second-order valence-corrected chi connectivity index (χ2v) is 9.22. The standard InChI is InChI=1S/C29H28FN5O2/c1-19(2)28-34-26(20-11-13-21(30)14-12-20)27(35(28)18-16-23-9-6-10-25(36)37-23)24-15-17-31-29(33-24)32-22-7-4-3-5-8-22/h3-5,7-8,11-19,23H,6,9-10H2,1-2H3,(H,31,32,33)/b18-16+. The minimum absolute atomic E-state index is 0.0789. The van der Waals surface area contributed by atoms with E-state index in [0.29, 0.717) is 23.8 Å². The Hall–Kier alpha value is -4.33. The molecule has 1 aliphatic rings. The van der Waals surface area contributed by atoms with Gasteiger partial charge < -0.3 is 14.6 Å². The molecule has 3 heterocycles. The van der Waals surface area contributed by atoms with Gasteiger partial charge in [-0.05, 0) is 61.4 Å². The van der Waals surface area contributed by atoms with E-state index in [1.54, 1.807) is 18.3 Å². The van der Waals surface area contributed by atoms with Crippen LogP contribution in [0.4, 0.5) is 16.0 Å². The summed E-state index contributed by atoms with van der Waals surface area (Å²) < 4.78 is 21.2. The number of nitrogens with one attached hydrogen (secondary N) is 1. The number of imidazole rings is 1. The molecule has 1 aliphatic heterocycles. The Balaban J connectivity index is 1.63. The molecule has 1 fully saturated rings. The molecule has 188 valence electrons. The van der Waals surface area contributed by atoms with Gasteiger partial charge >= 0.3 is 5.97 Å². The molecule has 1 N–H and O–H groups in total. The molecule has 1 unspecified atom stereocenters. The van der Waals surface area contributed by atoms with Gasteiger partial charge in [0.2, 0.25) is 5.95 Å². The molecule has 0 aliphatic carbocycles. The van der Waals surface area contributed by atoms with Crippen molar-refractivity contribution in [3.05, 3.63) is 84.6 Å². The van der Waals surface area contributed by atoms with Crippen molar-refractivity contribution >= 4 is 23.8 Å². The third-order valence-electron chi connectivity index (χ3n) is 6.10. The van der Waals surface area contributed by atoms with E-state index in [0.717, 1.165) is 35.6 Å². The van der Waals surface area contributed by atoms with E-state index >= 15 is 0 Å². The summed E-state index contributed by atoms with van der Waals surface area (Å²) in [4.78, 5) is 26.0. The number of aromatic nitrogens is 4. The summed E-state index contributed by atoms with van der Waals surface area (Å²) in [6.45, 7) is 4.13. The van der Waals surface area contributed by atoms with Crippen LogP contribution in [0.3, 0.4) is 0 Å². The third-order valence-corrected chi connectivity index (χ3v) is 6.10. The van der Waals surface area contributed by atoms with Crippen molar-refractivity contribution in [3.63, 3.8) is 0 Å². The van der Waals surface area contributed by atoms with Crippen LogP contribution in [0.25, 0.3) is 28.8 Å². The minimum atomic E-state index is -0.316. The van der Waals surface area contributed by atoms with Gasteiger partial charge in [0.25, 0.3) is 0 Å². The van der Waals surface area contributed by atoms with Gasteiger partial charge in [0.15, 0.2) is 0 Å². The Kier molecular flexibility index (Phi) is 7.07. The summed E-state index contributed by atoms with van der Waals surface area (Å²) in [5.74, 6) is 0.830. The van der Waals surface area contributed by atoms with E-state index in [2.05, 4.69) is 24.1 Å². The molecule has 0 spiro atoms. The Morgan fingerprint density at radius 2 is 1.86 bits per heavy atom. The highest BCUT2D eigenvalue weighted by Crippen LogP contribution is 2.35. The molecule has 7 nitrogen and oxygen atoms in total. The molecule has 2 aromatic carbocycles. The van der Waals surface area contributed by atoms with Crippen LogP contribution in [-0.4, -0.2) is 31.6 Å². The number of ether oxygens (including phenoxy) is 1. The summed E-state index contributed by atoms with van der Waals surface area (Å²) in [6, 6.07) is 17.8. The average molecular weight is 498 g/mol. The quantitative estimate of drug-likeness (QED) is 0.291. The largest absolute Gasteiger partial charge is 0.458 e. The van der Waals surface area contributed by atoms with Gasteiger partial charge in [-0.1, -0.05) is 32.0 Å². The van der Waals surface area contributed by atoms with Crippen LogP contribution in [0, 0.1) is 5.82 Å². The lowest BCUT2D eigenvalue weighted by Gasteiger charge is -2.19. The number of carbonyl (C=O) groups is 1. The number of cyclic esters (lactones) is 1. The highest BCUT2D eigenvalue weighted by molar-refractivity contribution is 5.79. The normalized spacial score (nSPS) is 15.8. The number of hydrogen-bond donors (Lipinski definition) is 1. The molecule has 0 amide bonds. The predicted octanol–water partition coefficient (Wildman–Crippen LogP) is 6.58. The summed E-state index contributed by atoms with van der Waals surface area (Å²) in [6.07, 6.45) is 7.21. The molecule has 1 atom stereocenters. The van der Waals surface area contributed by atoms with E-state index in [1.165, 1.54) is 12.1 Å². The first kappa shape index (κ1) is 24.4. The number of anilines is 2. The van der Waals surface area contributed by atoms with Crippen molar-refractivity contribution < 1.29 is 13.9 Å². The second-order valence-electron chi connectivity index (χ2n) is 9.22. The zero-order valence-corrected chi connectivity index (χ0v) is 20.8. The average Bonchev–Trinajstić information content (AvgIpc) is 3.29. The second kappa shape index (κ2) is 10.7. The van der Waals surface area contributed by atoms with Crippen molar-refractivity contribution in [2.45, 2.75) is 45.1 Å². The van der Waals surface area contributed by atoms with E-state index in [1.807, 2.05) is 53.2 Å². The van der Waals surface area contributed by atoms with Gasteiger partial charge in [-0.3, -0.25) is 4.79 Å². The molecule has 0 radical (unpaired) electrons. The Bertz CT molecular complexity index is 1410. The minimum Gasteiger partial charge on any atom is -0.458 e. The number of nitrogens with zero attached hydrogens (tertiary/aromatic N) is 4. The topological polar surface area (TPSA) is 81.9 Å². The zero-order valence-electron chi connectivity index (χ0n) is 20.8. The fourth-order valence-electron chi connectivity index (χ4n) is 4.32. The molecule has 4 aromatic rings. The fourth-order valence-corrected chi connectivity index (χ4v) is 4.32. The lowest BCUT2D eigenvalue weighted by atomic mass is 10.1. The number of carbonyl (C=O) groups excluding carboxylic acids is 1. The van der Waals surface area contributed by atoms with Crippen molar-refractivity contribution in [2.24, 2.45) is 0 Å². The van der Waals surface area contributed by atoms with Crippen LogP contribution in [0.2, 0.25) is 0 Å². The molecular weight excluding hydrogens is 469 g/mol. The Labute approximate surface area is 215 Å². The van der Waals surface area contributed by atoms with Crippen LogP contribution in [-0.2, 0) is 9.53 Å². The first-order valence-corrected chi connectivity index (χ1v) is 12.4. The van der Waals surface area contributed by atoms with Crippen molar-refractivity contribution in [1.29, 1.82) is 0 Å². The maximum atomic E-state index is 13.7. The number of benzene rings is 2. The number of esters is 1. The fraction of sp³-hybridized carbons (Fsp3) is 0.241. The zero-order chi connectivity index (χ0) is 25.8. The lowest BCUT2D eigenvalue weighted by Crippen LogP contribution is -2.21.